The molecule has 0 aliphatic heterocycles. The number of rotatable bonds is 3. The molecule has 1 N–H and O–H groups in total. The van der Waals surface area contributed by atoms with Crippen molar-refractivity contribution in [1.82, 2.24) is 20.2 Å². The molecule has 2 aromatic heterocycles. The molecule has 0 amide bonds. The summed E-state index contributed by atoms with van der Waals surface area (Å²) in [6.45, 7) is 0. The highest BCUT2D eigenvalue weighted by Gasteiger charge is 2.12. The number of aromatic nitrogens is 4. The number of hydrogen-bond acceptors (Lipinski definition) is 6. The Morgan fingerprint density at radius 3 is 2.81 bits per heavy atom. The van der Waals surface area contributed by atoms with Crippen LogP contribution in [0.25, 0.3) is 11.0 Å². The first-order valence-electron chi connectivity index (χ1n) is 5.83. The molecule has 0 bridgehead atoms. The van der Waals surface area contributed by atoms with Gasteiger partial charge in [-0.3, -0.25) is 5.10 Å². The van der Waals surface area contributed by atoms with Crippen molar-refractivity contribution in [2.75, 3.05) is 7.11 Å². The Bertz CT molecular complexity index is 855. The van der Waals surface area contributed by atoms with E-state index in [-0.39, 0.29) is 11.2 Å². The molecule has 0 fully saturated rings. The molecular formula is C13H8ClN5O2. The van der Waals surface area contributed by atoms with E-state index in [0.29, 0.717) is 28.1 Å². The van der Waals surface area contributed by atoms with E-state index in [4.69, 9.17) is 26.3 Å². The van der Waals surface area contributed by atoms with Gasteiger partial charge in [0.25, 0.3) is 0 Å². The Hall–Kier alpha value is -2.85. The van der Waals surface area contributed by atoms with Crippen molar-refractivity contribution < 1.29 is 9.47 Å². The second-order valence-corrected chi connectivity index (χ2v) is 4.38. The number of nitrogens with one attached hydrogen (secondary N) is 1. The number of benzene rings is 1. The highest BCUT2D eigenvalue weighted by Crippen LogP contribution is 2.30. The predicted molar refractivity (Wildman–Crippen MR) is 74.5 cm³/mol. The molecule has 0 unspecified atom stereocenters. The van der Waals surface area contributed by atoms with Crippen LogP contribution < -0.4 is 9.47 Å². The van der Waals surface area contributed by atoms with Gasteiger partial charge >= 0.3 is 0 Å². The van der Waals surface area contributed by atoms with Crippen LogP contribution in [-0.2, 0) is 0 Å². The van der Waals surface area contributed by atoms with E-state index in [9.17, 15) is 0 Å². The molecule has 8 heteroatoms. The van der Waals surface area contributed by atoms with Crippen LogP contribution in [0.15, 0.2) is 24.4 Å². The van der Waals surface area contributed by atoms with E-state index in [1.807, 2.05) is 6.07 Å². The van der Waals surface area contributed by atoms with Crippen LogP contribution in [0.4, 0.5) is 0 Å². The zero-order chi connectivity index (χ0) is 14.8. The third-order valence-corrected chi connectivity index (χ3v) is 2.88. The molecule has 2 heterocycles. The molecule has 0 saturated heterocycles. The Morgan fingerprint density at radius 2 is 2.05 bits per heavy atom. The second-order valence-electron chi connectivity index (χ2n) is 4.04. The van der Waals surface area contributed by atoms with Gasteiger partial charge < -0.3 is 9.47 Å². The fourth-order valence-electron chi connectivity index (χ4n) is 1.78. The van der Waals surface area contributed by atoms with Gasteiger partial charge in [0, 0.05) is 6.07 Å². The number of ether oxygens (including phenoxy) is 2. The maximum atomic E-state index is 9.01. The smallest absolute Gasteiger partial charge is 0.234 e. The number of aromatic amines is 1. The fourth-order valence-corrected chi connectivity index (χ4v) is 1.95. The number of nitrogens with zero attached hydrogens (tertiary/aromatic N) is 4. The maximum Gasteiger partial charge on any atom is 0.234 e. The van der Waals surface area contributed by atoms with E-state index >= 15 is 0 Å². The molecule has 0 aliphatic carbocycles. The van der Waals surface area contributed by atoms with Gasteiger partial charge in [0.05, 0.1) is 24.9 Å². The number of nitriles is 1. The minimum Gasteiger partial charge on any atom is -0.497 e. The Balaban J connectivity index is 2.06. The number of fused-ring (bicyclic) bond motifs is 1. The lowest BCUT2D eigenvalue weighted by atomic mass is 10.2. The monoisotopic (exact) mass is 301 g/mol. The van der Waals surface area contributed by atoms with Crippen LogP contribution in [0.3, 0.4) is 0 Å². The third kappa shape index (κ3) is 2.57. The fraction of sp³-hybridized carbons (Fsp3) is 0.0769. The summed E-state index contributed by atoms with van der Waals surface area (Å²) in [6.07, 6.45) is 1.53. The second kappa shape index (κ2) is 5.26. The predicted octanol–water partition coefficient (Wildman–Crippen LogP) is 2.68. The highest BCUT2D eigenvalue weighted by atomic mass is 35.5. The molecule has 3 rings (SSSR count). The standard InChI is InChI=1S/C13H8ClN5O2/c1-20-8-2-7(5-15)3-9(4-8)21-12-10-6-16-19-11(10)17-13(14)18-12/h2-4,6H,1H3,(H,16,17,18,19). The van der Waals surface area contributed by atoms with Gasteiger partial charge in [-0.1, -0.05) is 0 Å². The molecule has 0 saturated carbocycles. The largest absolute Gasteiger partial charge is 0.497 e. The summed E-state index contributed by atoms with van der Waals surface area (Å²) < 4.78 is 10.8. The van der Waals surface area contributed by atoms with E-state index in [1.165, 1.54) is 13.3 Å². The van der Waals surface area contributed by atoms with E-state index < -0.39 is 0 Å². The molecule has 1 aromatic carbocycles. The first kappa shape index (κ1) is 13.1. The molecule has 0 atom stereocenters. The Morgan fingerprint density at radius 1 is 1.24 bits per heavy atom. The molecule has 3 aromatic rings. The van der Waals surface area contributed by atoms with E-state index in [1.54, 1.807) is 18.2 Å². The summed E-state index contributed by atoms with van der Waals surface area (Å²) in [4.78, 5) is 8.01. The SMILES string of the molecule is COc1cc(C#N)cc(Oc2nc(Cl)nc3[nH]ncc23)c1. The average Bonchev–Trinajstić information content (AvgIpc) is 2.95. The number of hydrogen-bond donors (Lipinski definition) is 1. The van der Waals surface area contributed by atoms with Crippen molar-refractivity contribution >= 4 is 22.6 Å². The van der Waals surface area contributed by atoms with Crippen molar-refractivity contribution in [3.8, 4) is 23.4 Å². The van der Waals surface area contributed by atoms with E-state index in [2.05, 4.69) is 20.2 Å². The van der Waals surface area contributed by atoms with Gasteiger partial charge in [0.15, 0.2) is 5.65 Å². The number of halogens is 1. The van der Waals surface area contributed by atoms with Gasteiger partial charge in [0.1, 0.15) is 16.9 Å². The zero-order valence-electron chi connectivity index (χ0n) is 10.8. The summed E-state index contributed by atoms with van der Waals surface area (Å²) in [5.74, 6) is 1.16. The lowest BCUT2D eigenvalue weighted by molar-refractivity contribution is 0.407. The van der Waals surface area contributed by atoms with E-state index in [0.717, 1.165) is 0 Å². The molecular weight excluding hydrogens is 294 g/mol. The van der Waals surface area contributed by atoms with Gasteiger partial charge in [-0.2, -0.15) is 20.3 Å². The van der Waals surface area contributed by atoms with Crippen LogP contribution >= 0.6 is 11.6 Å². The van der Waals surface area contributed by atoms with Crippen LogP contribution in [-0.4, -0.2) is 27.3 Å². The molecule has 0 aliphatic rings. The Kier molecular flexibility index (Phi) is 3.30. The first-order chi connectivity index (χ1) is 10.2. The first-order valence-corrected chi connectivity index (χ1v) is 6.21. The summed E-state index contributed by atoms with van der Waals surface area (Å²) >= 11 is 5.84. The molecule has 21 heavy (non-hydrogen) atoms. The van der Waals surface area contributed by atoms with Crippen molar-refractivity contribution in [2.45, 2.75) is 0 Å². The van der Waals surface area contributed by atoms with Gasteiger partial charge in [-0.05, 0) is 23.7 Å². The van der Waals surface area contributed by atoms with Crippen molar-refractivity contribution in [3.63, 3.8) is 0 Å². The van der Waals surface area contributed by atoms with Crippen molar-refractivity contribution in [1.29, 1.82) is 5.26 Å². The molecule has 0 spiro atoms. The lowest BCUT2D eigenvalue weighted by Gasteiger charge is -2.08. The van der Waals surface area contributed by atoms with Gasteiger partial charge in [0.2, 0.25) is 11.2 Å². The maximum absolute atomic E-state index is 9.01. The zero-order valence-corrected chi connectivity index (χ0v) is 11.5. The summed E-state index contributed by atoms with van der Waals surface area (Å²) in [7, 11) is 1.51. The molecule has 104 valence electrons. The summed E-state index contributed by atoms with van der Waals surface area (Å²) in [5, 5.41) is 16.2. The van der Waals surface area contributed by atoms with Crippen LogP contribution in [0, 0.1) is 11.3 Å². The lowest BCUT2D eigenvalue weighted by Crippen LogP contribution is -1.93. The minimum atomic E-state index is 0.0325. The average molecular weight is 302 g/mol. The topological polar surface area (TPSA) is 96.7 Å². The van der Waals surface area contributed by atoms with Crippen LogP contribution in [0.1, 0.15) is 5.56 Å². The van der Waals surface area contributed by atoms with Gasteiger partial charge in [-0.25, -0.2) is 0 Å². The summed E-state index contributed by atoms with van der Waals surface area (Å²) in [5.41, 5.74) is 0.876. The normalized spacial score (nSPS) is 10.3. The molecule has 0 radical (unpaired) electrons. The Labute approximate surface area is 124 Å². The van der Waals surface area contributed by atoms with Crippen molar-refractivity contribution in [3.05, 3.63) is 35.2 Å². The van der Waals surface area contributed by atoms with Crippen molar-refractivity contribution in [2.24, 2.45) is 0 Å². The summed E-state index contributed by atoms with van der Waals surface area (Å²) in [6, 6.07) is 6.85. The molecule has 7 nitrogen and oxygen atoms in total. The van der Waals surface area contributed by atoms with Gasteiger partial charge in [-0.15, -0.1) is 0 Å². The number of methoxy groups -OCH3 is 1. The van der Waals surface area contributed by atoms with Crippen LogP contribution in [0.5, 0.6) is 17.4 Å². The van der Waals surface area contributed by atoms with Crippen LogP contribution in [0.2, 0.25) is 5.28 Å². The number of H-pyrrole nitrogens is 1. The third-order valence-electron chi connectivity index (χ3n) is 2.71. The minimum absolute atomic E-state index is 0.0325. The highest BCUT2D eigenvalue weighted by molar-refractivity contribution is 6.28. The quantitative estimate of drug-likeness (QED) is 0.747.